The summed E-state index contributed by atoms with van der Waals surface area (Å²) in [6.45, 7) is 8.90. The highest BCUT2D eigenvalue weighted by Gasteiger charge is 2.27. The Bertz CT molecular complexity index is 3890. The van der Waals surface area contributed by atoms with Crippen molar-refractivity contribution in [1.82, 2.24) is 29.3 Å². The van der Waals surface area contributed by atoms with Crippen LogP contribution in [-0.2, 0) is 82.7 Å². The van der Waals surface area contributed by atoms with Crippen molar-refractivity contribution in [1.29, 1.82) is 5.26 Å². The van der Waals surface area contributed by atoms with E-state index in [2.05, 4.69) is 29.0 Å². The maximum absolute atomic E-state index is 12.5. The molecular formula is C75H112N8O22S4. The molecule has 0 spiro atoms. The summed E-state index contributed by atoms with van der Waals surface area (Å²) in [5.41, 5.74) is 5.30. The Balaban J connectivity index is 0.000000228. The summed E-state index contributed by atoms with van der Waals surface area (Å²) in [5, 5.41) is 11.3. The molecule has 608 valence electrons. The van der Waals surface area contributed by atoms with Gasteiger partial charge >= 0.3 is 18.0 Å². The van der Waals surface area contributed by atoms with Crippen LogP contribution >= 0.6 is 0 Å². The third-order valence-corrected chi connectivity index (χ3v) is 23.4. The normalized spacial score (nSPS) is 14.9. The number of methoxy groups -OCH3 is 2. The van der Waals surface area contributed by atoms with Crippen molar-refractivity contribution in [2.24, 2.45) is 29.4 Å². The van der Waals surface area contributed by atoms with Gasteiger partial charge in [0, 0.05) is 110 Å². The molecule has 4 saturated carbocycles. The lowest BCUT2D eigenvalue weighted by Crippen LogP contribution is -2.50. The molecule has 5 aliphatic rings. The Labute approximate surface area is 643 Å². The number of benzene rings is 4. The summed E-state index contributed by atoms with van der Waals surface area (Å²) in [6, 6.07) is 26.0. The summed E-state index contributed by atoms with van der Waals surface area (Å²) in [4.78, 5) is 48.6. The molecule has 0 bridgehead atoms. The molecule has 0 aromatic heterocycles. The van der Waals surface area contributed by atoms with Crippen LogP contribution in [-0.4, -0.2) is 219 Å². The predicted molar refractivity (Wildman–Crippen MR) is 406 cm³/mol. The van der Waals surface area contributed by atoms with Crippen molar-refractivity contribution in [2.45, 2.75) is 142 Å². The van der Waals surface area contributed by atoms with E-state index < -0.39 is 39.9 Å². The first-order valence-electron chi connectivity index (χ1n) is 37.5. The Morgan fingerprint density at radius 3 is 1.29 bits per heavy atom. The van der Waals surface area contributed by atoms with Crippen LogP contribution in [0.25, 0.3) is 0 Å². The number of hydrogen-bond donors (Lipinski definition) is 5. The summed E-state index contributed by atoms with van der Waals surface area (Å²) < 4.78 is 160. The first-order valence-corrected chi connectivity index (χ1v) is 43.6. The maximum Gasteiger partial charge on any atom is 0.324 e. The molecule has 6 N–H and O–H groups in total. The molecule has 4 aliphatic carbocycles. The smallest absolute Gasteiger partial charge is 0.324 e. The highest BCUT2D eigenvalue weighted by molar-refractivity contribution is 7.91. The number of sulfone groups is 1. The highest BCUT2D eigenvalue weighted by atomic mass is 32.2. The highest BCUT2D eigenvalue weighted by Crippen LogP contribution is 2.33. The molecule has 34 heteroatoms. The van der Waals surface area contributed by atoms with Gasteiger partial charge in [-0.05, 0) is 175 Å². The van der Waals surface area contributed by atoms with Crippen LogP contribution in [0.2, 0.25) is 0 Å². The van der Waals surface area contributed by atoms with Crippen molar-refractivity contribution in [3.05, 3.63) is 97.1 Å². The molecule has 1 aliphatic heterocycles. The number of rotatable bonds is 53. The van der Waals surface area contributed by atoms with E-state index in [9.17, 15) is 52.8 Å². The number of nitrogens with one attached hydrogen (secondary N) is 4. The maximum atomic E-state index is 12.5. The molecule has 109 heavy (non-hydrogen) atoms. The van der Waals surface area contributed by atoms with Gasteiger partial charge < -0.3 is 62.9 Å². The summed E-state index contributed by atoms with van der Waals surface area (Å²) in [7, 11) is -11.3. The van der Waals surface area contributed by atoms with E-state index in [0.29, 0.717) is 210 Å². The van der Waals surface area contributed by atoms with E-state index in [0.717, 1.165) is 19.3 Å². The fourth-order valence-electron chi connectivity index (χ4n) is 9.90. The minimum Gasteiger partial charge on any atom is -0.493 e. The average molecular weight is 1610 g/mol. The molecule has 0 atom stereocenters. The number of urea groups is 1. The van der Waals surface area contributed by atoms with Crippen LogP contribution in [0, 0.1) is 35.1 Å². The fraction of sp³-hybridized carbons (Fsp3) is 0.613. The first-order chi connectivity index (χ1) is 52.5. The van der Waals surface area contributed by atoms with Gasteiger partial charge in [-0.25, -0.2) is 52.6 Å². The Hall–Kier alpha value is -7.27. The number of imide groups is 1. The number of carbonyl (C=O) groups is 4. The van der Waals surface area contributed by atoms with E-state index in [4.69, 9.17) is 48.9 Å². The zero-order chi connectivity index (χ0) is 78.6. The summed E-state index contributed by atoms with van der Waals surface area (Å²) in [5.74, 6) is 4.04. The number of nitrogens with two attached hydrogens (primary N) is 1. The van der Waals surface area contributed by atoms with Gasteiger partial charge in [-0.2, -0.15) is 5.26 Å². The second kappa shape index (κ2) is 49.9. The van der Waals surface area contributed by atoms with Crippen LogP contribution in [0.1, 0.15) is 122 Å². The second-order valence-corrected chi connectivity index (χ2v) is 34.2. The Kier molecular flexibility index (Phi) is 41.5. The second-order valence-electron chi connectivity index (χ2n) is 26.8. The van der Waals surface area contributed by atoms with Crippen LogP contribution in [0.5, 0.6) is 23.0 Å². The SMILES string of the molecule is COC(=O)CCCCCOCCCNS(=O)(=O)c1cccc(OCC2CC2)c1.COC(=O)CCN(C#N)CCOCCCNS(=O)(=O)c1cccc(OCC2CC2)c1.NCCOCCCNS(=O)(=O)c1cccc(OCC2CC2)c1.O=C1CCN(CCOCCCCS(=O)(=O)c2cccc(OCC3CC3)c2)C(=O)N1. The average Bonchev–Trinajstić information content (AvgIpc) is 1.50. The number of hydrogen-bond acceptors (Lipinski definition) is 25. The number of carbonyl (C=O) groups excluding carboxylic acids is 4. The fourth-order valence-corrected chi connectivity index (χ4v) is 14.6. The van der Waals surface area contributed by atoms with Crippen LogP contribution in [0.4, 0.5) is 4.79 Å². The topological polar surface area (TPSA) is 402 Å². The van der Waals surface area contributed by atoms with E-state index in [1.54, 1.807) is 84.9 Å². The quantitative estimate of drug-likeness (QED) is 0.0123. The van der Waals surface area contributed by atoms with Crippen molar-refractivity contribution in [3.8, 4) is 29.2 Å². The Morgan fingerprint density at radius 2 is 0.881 bits per heavy atom. The third kappa shape index (κ3) is 39.5. The van der Waals surface area contributed by atoms with Gasteiger partial charge in [0.2, 0.25) is 36.0 Å². The van der Waals surface area contributed by atoms with Gasteiger partial charge in [-0.1, -0.05) is 30.7 Å². The molecule has 9 rings (SSSR count). The molecular weight excluding hydrogens is 1490 g/mol. The molecule has 0 unspecified atom stereocenters. The lowest BCUT2D eigenvalue weighted by Gasteiger charge is -2.26. The van der Waals surface area contributed by atoms with Crippen molar-refractivity contribution in [3.63, 3.8) is 0 Å². The van der Waals surface area contributed by atoms with Gasteiger partial charge in [-0.15, -0.1) is 0 Å². The van der Waals surface area contributed by atoms with Crippen LogP contribution in [0.15, 0.2) is 117 Å². The van der Waals surface area contributed by atoms with Crippen molar-refractivity contribution in [2.75, 3.05) is 152 Å². The van der Waals surface area contributed by atoms with Crippen molar-refractivity contribution < 1.29 is 100 Å². The summed E-state index contributed by atoms with van der Waals surface area (Å²) >= 11 is 0. The van der Waals surface area contributed by atoms with E-state index >= 15 is 0 Å². The monoisotopic (exact) mass is 1600 g/mol. The number of esters is 2. The molecule has 3 amide bonds. The predicted octanol–water partition coefficient (Wildman–Crippen LogP) is 7.51. The molecule has 1 heterocycles. The van der Waals surface area contributed by atoms with Gasteiger partial charge in [0.15, 0.2) is 16.0 Å². The number of unbranched alkanes of at least 4 members (excludes halogenated alkanes) is 3. The number of nitriles is 1. The first kappa shape index (κ1) is 90.6. The van der Waals surface area contributed by atoms with Gasteiger partial charge in [-0.3, -0.25) is 19.7 Å². The number of nitrogens with zero attached hydrogens (tertiary/aromatic N) is 3. The van der Waals surface area contributed by atoms with Gasteiger partial charge in [0.05, 0.1) is 98.8 Å². The Morgan fingerprint density at radius 1 is 0.495 bits per heavy atom. The lowest BCUT2D eigenvalue weighted by atomic mass is 10.2. The minimum absolute atomic E-state index is 0.0546. The molecule has 5 fully saturated rings. The van der Waals surface area contributed by atoms with Crippen LogP contribution in [0.3, 0.4) is 0 Å². The van der Waals surface area contributed by atoms with E-state index in [1.807, 2.05) is 6.19 Å². The molecule has 30 nitrogen and oxygen atoms in total. The standard InChI is InChI=1S/C20H29N3O6S.C20H28N2O6S.C20H31NO6S.C15H24N2O4S/c1-27-20(24)8-10-23(16-21)11-13-28-12-3-9-22-30(25,26)19-5-2-4-18(14-19)29-15-17-6-7-17;23-19-8-9-22(20(24)21-19)10-12-27-11-1-2-13-29(25,26)18-5-3-4-17(14-18)28-15-16-6-7-16;1-25-20(22)9-3-2-4-13-26-14-6-12-21-28(23,24)19-8-5-7-18(15-19)27-16-17-10-11-17;16-7-10-20-9-2-8-17-22(18,19)15-4-1-3-14(11-15)21-12-13-5-6-13/h2,4-5,14,17,22H,3,6-13,15H2,1H3;3-5,14,16H,1-2,6-13,15H2,(H,21,23,24);5,7-8,15,17,21H,2-4,6,9-14,16H2,1H3;1,3-4,11,13,17H,2,5-10,12,16H2. The number of ether oxygens (including phenoxy) is 10. The van der Waals surface area contributed by atoms with Crippen LogP contribution < -0.4 is 44.2 Å². The zero-order valence-electron chi connectivity index (χ0n) is 62.9. The van der Waals surface area contributed by atoms with Gasteiger partial charge in [0.1, 0.15) is 23.0 Å². The molecule has 1 saturated heterocycles. The third-order valence-electron chi connectivity index (χ3n) is 17.2. The van der Waals surface area contributed by atoms with E-state index in [-0.39, 0.29) is 68.7 Å². The lowest BCUT2D eigenvalue weighted by molar-refractivity contribution is -0.141. The number of sulfonamides is 3. The largest absolute Gasteiger partial charge is 0.493 e. The molecule has 0 radical (unpaired) electrons. The van der Waals surface area contributed by atoms with Crippen molar-refractivity contribution >= 4 is 63.8 Å². The number of amides is 3. The summed E-state index contributed by atoms with van der Waals surface area (Å²) in [6.07, 6.45) is 17.7. The zero-order valence-corrected chi connectivity index (χ0v) is 66.1. The van der Waals surface area contributed by atoms with E-state index in [1.165, 1.54) is 87.5 Å². The van der Waals surface area contributed by atoms with Gasteiger partial charge in [0.25, 0.3) is 0 Å². The molecule has 4 aromatic carbocycles. The molecule has 4 aromatic rings. The minimum atomic E-state index is -3.61.